The number of thioether (sulfide) groups is 1. The Morgan fingerprint density at radius 1 is 1.43 bits per heavy atom. The lowest BCUT2D eigenvalue weighted by molar-refractivity contribution is -0.120. The highest BCUT2D eigenvalue weighted by Crippen LogP contribution is 2.35. The van der Waals surface area contributed by atoms with Gasteiger partial charge in [-0.25, -0.2) is 4.68 Å². The second kappa shape index (κ2) is 6.26. The van der Waals surface area contributed by atoms with E-state index in [1.165, 1.54) is 11.8 Å². The molecule has 1 fully saturated rings. The maximum absolute atomic E-state index is 12.5. The highest BCUT2D eigenvalue weighted by atomic mass is 32.2. The maximum Gasteiger partial charge on any atom is 0.238 e. The van der Waals surface area contributed by atoms with Gasteiger partial charge in [0.05, 0.1) is 0 Å². The molecule has 2 aromatic rings. The summed E-state index contributed by atoms with van der Waals surface area (Å²) in [6, 6.07) is 10.1. The van der Waals surface area contributed by atoms with Gasteiger partial charge in [0.15, 0.2) is 0 Å². The fourth-order valence-electron chi connectivity index (χ4n) is 1.99. The Hall–Kier alpha value is -1.89. The van der Waals surface area contributed by atoms with Crippen molar-refractivity contribution in [3.8, 4) is 0 Å². The van der Waals surface area contributed by atoms with Crippen LogP contribution in [-0.4, -0.2) is 32.2 Å². The molecular formula is C14H17N5OS. The summed E-state index contributed by atoms with van der Waals surface area (Å²) in [5.41, 5.74) is 0.964. The highest BCUT2D eigenvalue weighted by Gasteiger charge is 2.30. The van der Waals surface area contributed by atoms with Crippen LogP contribution in [0.4, 0.5) is 0 Å². The summed E-state index contributed by atoms with van der Waals surface area (Å²) >= 11 is 1.39. The number of nitrogens with zero attached hydrogens (tertiary/aromatic N) is 4. The first kappa shape index (κ1) is 14.1. The zero-order valence-electron chi connectivity index (χ0n) is 11.8. The largest absolute Gasteiger partial charge is 0.352 e. The Morgan fingerprint density at radius 3 is 2.86 bits per heavy atom. The Balaban J connectivity index is 1.83. The van der Waals surface area contributed by atoms with E-state index < -0.39 is 0 Å². The van der Waals surface area contributed by atoms with Gasteiger partial charge in [0, 0.05) is 12.6 Å². The molecule has 1 aromatic heterocycles. The van der Waals surface area contributed by atoms with Crippen molar-refractivity contribution >= 4 is 17.7 Å². The number of aromatic nitrogens is 4. The second-order valence-corrected chi connectivity index (χ2v) is 6.04. The lowest BCUT2D eigenvalue weighted by Crippen LogP contribution is -2.30. The third-order valence-corrected chi connectivity index (χ3v) is 4.51. The van der Waals surface area contributed by atoms with Gasteiger partial charge in [0.25, 0.3) is 0 Å². The molecule has 1 N–H and O–H groups in total. The summed E-state index contributed by atoms with van der Waals surface area (Å²) < 4.78 is 1.70. The summed E-state index contributed by atoms with van der Waals surface area (Å²) in [4.78, 5) is 12.5. The second-order valence-electron chi connectivity index (χ2n) is 4.97. The molecule has 1 aromatic carbocycles. The van der Waals surface area contributed by atoms with Gasteiger partial charge >= 0.3 is 0 Å². The number of carbonyl (C=O) groups is 1. The lowest BCUT2D eigenvalue weighted by atomic mass is 10.1. The standard InChI is InChI=1S/C14H17N5OS/c1-2-19-14(16-17-18-19)21-12(10-6-4-3-5-7-10)13(20)15-11-8-9-11/h3-7,11-12H,2,8-9H2,1H3,(H,15,20)/t12-/m0/s1. The molecule has 0 spiro atoms. The minimum Gasteiger partial charge on any atom is -0.352 e. The molecule has 0 bridgehead atoms. The molecule has 1 atom stereocenters. The van der Waals surface area contributed by atoms with Gasteiger partial charge in [0.1, 0.15) is 5.25 Å². The molecule has 1 amide bonds. The van der Waals surface area contributed by atoms with Crippen LogP contribution >= 0.6 is 11.8 Å². The van der Waals surface area contributed by atoms with Crippen molar-refractivity contribution in [2.24, 2.45) is 0 Å². The van der Waals surface area contributed by atoms with Crippen LogP contribution in [-0.2, 0) is 11.3 Å². The van der Waals surface area contributed by atoms with Crippen LogP contribution in [0.1, 0.15) is 30.6 Å². The van der Waals surface area contributed by atoms with Gasteiger partial charge < -0.3 is 5.32 Å². The normalized spacial score (nSPS) is 15.7. The number of amides is 1. The van der Waals surface area contributed by atoms with Gasteiger partial charge in [-0.05, 0) is 35.8 Å². The van der Waals surface area contributed by atoms with Gasteiger partial charge in [-0.2, -0.15) is 0 Å². The SMILES string of the molecule is CCn1nnnc1S[C@H](C(=O)NC1CC1)c1ccccc1. The van der Waals surface area contributed by atoms with Crippen LogP contribution in [0.3, 0.4) is 0 Å². The number of tetrazole rings is 1. The third kappa shape index (κ3) is 3.41. The van der Waals surface area contributed by atoms with E-state index >= 15 is 0 Å². The van der Waals surface area contributed by atoms with Crippen molar-refractivity contribution in [2.45, 2.75) is 42.8 Å². The van der Waals surface area contributed by atoms with Crippen molar-refractivity contribution < 1.29 is 4.79 Å². The molecule has 110 valence electrons. The zero-order chi connectivity index (χ0) is 14.7. The smallest absolute Gasteiger partial charge is 0.238 e. The molecule has 1 aliphatic rings. The summed E-state index contributed by atoms with van der Waals surface area (Å²) in [5, 5.41) is 15.0. The number of carbonyl (C=O) groups excluding carboxylic acids is 1. The minimum absolute atomic E-state index is 0.0272. The van der Waals surface area contributed by atoms with E-state index in [9.17, 15) is 4.79 Å². The Morgan fingerprint density at radius 2 is 2.19 bits per heavy atom. The van der Waals surface area contributed by atoms with Crippen LogP contribution in [0.15, 0.2) is 35.5 Å². The molecule has 3 rings (SSSR count). The number of benzene rings is 1. The maximum atomic E-state index is 12.5. The van der Waals surface area contributed by atoms with Crippen molar-refractivity contribution in [3.63, 3.8) is 0 Å². The van der Waals surface area contributed by atoms with Gasteiger partial charge in [-0.15, -0.1) is 5.10 Å². The number of hydrogen-bond acceptors (Lipinski definition) is 5. The molecule has 7 heteroatoms. The summed E-state index contributed by atoms with van der Waals surface area (Å²) in [7, 11) is 0. The van der Waals surface area contributed by atoms with Gasteiger partial charge in [0.2, 0.25) is 11.1 Å². The summed E-state index contributed by atoms with van der Waals surface area (Å²) in [6.45, 7) is 2.66. The first-order valence-electron chi connectivity index (χ1n) is 7.06. The average Bonchev–Trinajstić information content (AvgIpc) is 3.21. The van der Waals surface area contributed by atoms with Crippen LogP contribution in [0.25, 0.3) is 0 Å². The first-order valence-corrected chi connectivity index (χ1v) is 7.94. The van der Waals surface area contributed by atoms with E-state index in [4.69, 9.17) is 0 Å². The van der Waals surface area contributed by atoms with Gasteiger partial charge in [-0.1, -0.05) is 42.1 Å². The van der Waals surface area contributed by atoms with E-state index in [0.29, 0.717) is 17.7 Å². The molecule has 0 saturated heterocycles. The molecular weight excluding hydrogens is 286 g/mol. The highest BCUT2D eigenvalue weighted by molar-refractivity contribution is 8.00. The molecule has 0 unspecified atom stereocenters. The van der Waals surface area contributed by atoms with E-state index in [1.807, 2.05) is 37.3 Å². The van der Waals surface area contributed by atoms with Crippen LogP contribution in [0, 0.1) is 0 Å². The Kier molecular flexibility index (Phi) is 4.19. The molecule has 1 heterocycles. The fraction of sp³-hybridized carbons (Fsp3) is 0.429. The average molecular weight is 303 g/mol. The number of rotatable bonds is 6. The fourth-order valence-corrected chi connectivity index (χ4v) is 3.04. The monoisotopic (exact) mass is 303 g/mol. The lowest BCUT2D eigenvalue weighted by Gasteiger charge is -2.16. The predicted octanol–water partition coefficient (Wildman–Crippen LogP) is 1.80. The Bertz CT molecular complexity index is 611. The zero-order valence-corrected chi connectivity index (χ0v) is 12.6. The summed E-state index contributed by atoms with van der Waals surface area (Å²) in [6.07, 6.45) is 2.15. The first-order chi connectivity index (χ1) is 10.3. The van der Waals surface area contributed by atoms with Crippen LogP contribution < -0.4 is 5.32 Å². The third-order valence-electron chi connectivity index (χ3n) is 3.29. The molecule has 1 aliphatic carbocycles. The van der Waals surface area contributed by atoms with E-state index in [1.54, 1.807) is 4.68 Å². The van der Waals surface area contributed by atoms with Crippen LogP contribution in [0.5, 0.6) is 0 Å². The number of hydrogen-bond donors (Lipinski definition) is 1. The number of nitrogens with one attached hydrogen (secondary N) is 1. The van der Waals surface area contributed by atoms with E-state index in [-0.39, 0.29) is 11.2 Å². The minimum atomic E-state index is -0.330. The van der Waals surface area contributed by atoms with E-state index in [0.717, 1.165) is 18.4 Å². The van der Waals surface area contributed by atoms with Gasteiger partial charge in [-0.3, -0.25) is 4.79 Å². The van der Waals surface area contributed by atoms with Crippen molar-refractivity contribution in [3.05, 3.63) is 35.9 Å². The predicted molar refractivity (Wildman–Crippen MR) is 79.7 cm³/mol. The molecule has 21 heavy (non-hydrogen) atoms. The van der Waals surface area contributed by atoms with Crippen LogP contribution in [0.2, 0.25) is 0 Å². The van der Waals surface area contributed by atoms with Crippen molar-refractivity contribution in [2.75, 3.05) is 0 Å². The summed E-state index contributed by atoms with van der Waals surface area (Å²) in [5.74, 6) is 0.0272. The molecule has 0 radical (unpaired) electrons. The number of aryl methyl sites for hydroxylation is 1. The molecule has 6 nitrogen and oxygen atoms in total. The molecule has 1 saturated carbocycles. The molecule has 0 aliphatic heterocycles. The quantitative estimate of drug-likeness (QED) is 0.824. The van der Waals surface area contributed by atoms with Crippen molar-refractivity contribution in [1.82, 2.24) is 25.5 Å². The van der Waals surface area contributed by atoms with Crippen molar-refractivity contribution in [1.29, 1.82) is 0 Å². The topological polar surface area (TPSA) is 72.7 Å². The Labute approximate surface area is 127 Å². The van der Waals surface area contributed by atoms with E-state index in [2.05, 4.69) is 20.8 Å².